The van der Waals surface area contributed by atoms with Crippen LogP contribution in [0, 0.1) is 17.1 Å². The van der Waals surface area contributed by atoms with Crippen LogP contribution in [-0.4, -0.2) is 20.6 Å². The van der Waals surface area contributed by atoms with Crippen LogP contribution in [0.5, 0.6) is 0 Å². The number of carbonyl (C=O) groups excluding carboxylic acids is 1. The number of nitrogens with zero attached hydrogens (tertiary/aromatic N) is 4. The molecule has 0 fully saturated rings. The maximum absolute atomic E-state index is 14.4. The molecular weight excluding hydrogens is 459 g/mol. The lowest BCUT2D eigenvalue weighted by atomic mass is 10.1. The highest BCUT2D eigenvalue weighted by Gasteiger charge is 2.18. The van der Waals surface area contributed by atoms with Gasteiger partial charge in [-0.2, -0.15) is 10.4 Å². The second-order valence-electron chi connectivity index (χ2n) is 6.02. The van der Waals surface area contributed by atoms with Gasteiger partial charge in [0.1, 0.15) is 5.82 Å². The maximum Gasteiger partial charge on any atom is 0.368 e. The molecule has 0 bridgehead atoms. The van der Waals surface area contributed by atoms with E-state index in [9.17, 15) is 9.18 Å². The Labute approximate surface area is 178 Å². The molecule has 9 heteroatoms. The van der Waals surface area contributed by atoms with E-state index in [2.05, 4.69) is 49.2 Å². The summed E-state index contributed by atoms with van der Waals surface area (Å²) < 4.78 is 21.0. The van der Waals surface area contributed by atoms with Crippen molar-refractivity contribution in [2.24, 2.45) is 0 Å². The fraction of sp³-hybridized carbons (Fsp3) is 0. The highest BCUT2D eigenvalue weighted by molar-refractivity contribution is 9.10. The zero-order chi connectivity index (χ0) is 20.5. The largest absolute Gasteiger partial charge is 0.390 e. The lowest BCUT2D eigenvalue weighted by Gasteiger charge is -2.07. The Morgan fingerprint density at radius 1 is 1.17 bits per heavy atom. The Morgan fingerprint density at radius 3 is 2.59 bits per heavy atom. The van der Waals surface area contributed by atoms with Gasteiger partial charge in [0.25, 0.3) is 0 Å². The molecule has 6 nitrogen and oxygen atoms in total. The minimum atomic E-state index is -0.733. The van der Waals surface area contributed by atoms with Crippen LogP contribution in [0.1, 0.15) is 16.1 Å². The molecule has 0 N–H and O–H groups in total. The molecule has 0 atom stereocenters. The highest BCUT2D eigenvalue weighted by Crippen LogP contribution is 2.28. The molecule has 0 unspecified atom stereocenters. The van der Waals surface area contributed by atoms with E-state index in [1.54, 1.807) is 42.5 Å². The first-order chi connectivity index (χ1) is 14.0. The summed E-state index contributed by atoms with van der Waals surface area (Å²) in [6.45, 7) is 0. The van der Waals surface area contributed by atoms with Crippen LogP contribution in [0.2, 0.25) is 0 Å². The Bertz CT molecular complexity index is 1300. The van der Waals surface area contributed by atoms with Gasteiger partial charge in [-0.15, -0.1) is 0 Å². The fourth-order valence-electron chi connectivity index (χ4n) is 2.88. The zero-order valence-electron chi connectivity index (χ0n) is 14.5. The molecule has 0 radical (unpaired) electrons. The second kappa shape index (κ2) is 7.66. The molecule has 0 aliphatic carbocycles. The van der Waals surface area contributed by atoms with Crippen molar-refractivity contribution >= 4 is 40.5 Å². The van der Waals surface area contributed by atoms with Gasteiger partial charge in [0.05, 0.1) is 23.0 Å². The number of carbonyl (C=O) groups is 1. The van der Waals surface area contributed by atoms with E-state index < -0.39 is 11.8 Å². The van der Waals surface area contributed by atoms with Crippen molar-refractivity contribution in [1.82, 2.24) is 14.6 Å². The van der Waals surface area contributed by atoms with Gasteiger partial charge in [0.2, 0.25) is 0 Å². The first kappa shape index (κ1) is 19.1. The van der Waals surface area contributed by atoms with Crippen molar-refractivity contribution in [3.05, 3.63) is 76.1 Å². The van der Waals surface area contributed by atoms with Gasteiger partial charge < -0.3 is 4.18 Å². The van der Waals surface area contributed by atoms with Crippen molar-refractivity contribution in [2.45, 2.75) is 0 Å². The summed E-state index contributed by atoms with van der Waals surface area (Å²) in [5.41, 5.74) is 2.71. The van der Waals surface area contributed by atoms with Gasteiger partial charge in [-0.3, -0.25) is 0 Å². The molecule has 4 rings (SSSR count). The van der Waals surface area contributed by atoms with Crippen molar-refractivity contribution in [3.63, 3.8) is 0 Å². The van der Waals surface area contributed by atoms with E-state index in [-0.39, 0.29) is 5.69 Å². The smallest absolute Gasteiger partial charge is 0.368 e. The normalized spacial score (nSPS) is 10.7. The molecule has 0 aliphatic heterocycles. The first-order valence-electron chi connectivity index (χ1n) is 8.22. The molecule has 0 spiro atoms. The third-order valence-corrected chi connectivity index (χ3v) is 4.90. The van der Waals surface area contributed by atoms with Crippen molar-refractivity contribution < 1.29 is 13.4 Å². The van der Waals surface area contributed by atoms with E-state index in [0.29, 0.717) is 38.2 Å². The summed E-state index contributed by atoms with van der Waals surface area (Å²) in [4.78, 5) is 16.3. The lowest BCUT2D eigenvalue weighted by molar-refractivity contribution is 0.0766. The molecule has 0 aliphatic rings. The quantitative estimate of drug-likeness (QED) is 0.343. The summed E-state index contributed by atoms with van der Waals surface area (Å²) >= 11 is 6.78. The minimum Gasteiger partial charge on any atom is -0.390 e. The standard InChI is InChI=1S/C20H10BrFN4O2S/c21-13-5-6-14(15(22)7-13)16-9-19-24-17(20(27)28-29)8-18(26(19)25-16)12-3-1-11(10-23)2-4-12/h1-9,29H. The third-order valence-electron chi connectivity index (χ3n) is 4.24. The van der Waals surface area contributed by atoms with Crippen LogP contribution < -0.4 is 0 Å². The van der Waals surface area contributed by atoms with Gasteiger partial charge in [-0.1, -0.05) is 28.1 Å². The van der Waals surface area contributed by atoms with E-state index in [1.165, 1.54) is 16.6 Å². The monoisotopic (exact) mass is 468 g/mol. The molecule has 2 heterocycles. The third kappa shape index (κ3) is 3.60. The van der Waals surface area contributed by atoms with E-state index in [1.807, 2.05) is 0 Å². The number of fused-ring (bicyclic) bond motifs is 1. The fourth-order valence-corrected chi connectivity index (χ4v) is 3.30. The van der Waals surface area contributed by atoms with Crippen LogP contribution in [0.3, 0.4) is 0 Å². The number of nitriles is 1. The van der Waals surface area contributed by atoms with Gasteiger partial charge in [-0.05, 0) is 36.4 Å². The first-order valence-corrected chi connectivity index (χ1v) is 9.38. The number of hydrogen-bond acceptors (Lipinski definition) is 6. The molecule has 2 aromatic carbocycles. The van der Waals surface area contributed by atoms with E-state index in [4.69, 9.17) is 5.26 Å². The Hall–Kier alpha value is -3.22. The average molecular weight is 469 g/mol. The lowest BCUT2D eigenvalue weighted by Crippen LogP contribution is -2.06. The van der Waals surface area contributed by atoms with Gasteiger partial charge in [-0.25, -0.2) is 18.7 Å². The van der Waals surface area contributed by atoms with Crippen LogP contribution in [-0.2, 0) is 4.18 Å². The molecular formula is C20H10BrFN4O2S. The molecule has 0 saturated carbocycles. The highest BCUT2D eigenvalue weighted by atomic mass is 79.9. The minimum absolute atomic E-state index is 0.0228. The van der Waals surface area contributed by atoms with Crippen molar-refractivity contribution in [3.8, 4) is 28.6 Å². The Morgan fingerprint density at radius 2 is 1.93 bits per heavy atom. The molecule has 29 heavy (non-hydrogen) atoms. The summed E-state index contributed by atoms with van der Waals surface area (Å²) in [6, 6.07) is 16.5. The predicted molar refractivity (Wildman–Crippen MR) is 111 cm³/mol. The average Bonchev–Trinajstić information content (AvgIpc) is 3.16. The number of aromatic nitrogens is 3. The van der Waals surface area contributed by atoms with Crippen LogP contribution in [0.15, 0.2) is 59.1 Å². The summed E-state index contributed by atoms with van der Waals surface area (Å²) in [5.74, 6) is -1.18. The van der Waals surface area contributed by atoms with Crippen molar-refractivity contribution in [1.29, 1.82) is 5.26 Å². The van der Waals surface area contributed by atoms with E-state index >= 15 is 0 Å². The zero-order valence-corrected chi connectivity index (χ0v) is 17.0. The van der Waals surface area contributed by atoms with Crippen LogP contribution in [0.25, 0.3) is 28.2 Å². The van der Waals surface area contributed by atoms with Crippen LogP contribution in [0.4, 0.5) is 4.39 Å². The molecule has 0 saturated heterocycles. The summed E-state index contributed by atoms with van der Waals surface area (Å²) in [7, 11) is 0. The Kier molecular flexibility index (Phi) is 5.05. The topological polar surface area (TPSA) is 80.3 Å². The molecule has 2 aromatic heterocycles. The predicted octanol–water partition coefficient (Wildman–Crippen LogP) is 4.84. The van der Waals surface area contributed by atoms with Gasteiger partial charge in [0, 0.05) is 34.6 Å². The number of rotatable bonds is 3. The van der Waals surface area contributed by atoms with Crippen molar-refractivity contribution in [2.75, 3.05) is 0 Å². The number of thiol groups is 1. The number of benzene rings is 2. The summed E-state index contributed by atoms with van der Waals surface area (Å²) in [6.07, 6.45) is 0. The Balaban J connectivity index is 1.95. The number of halogens is 2. The van der Waals surface area contributed by atoms with Gasteiger partial charge >= 0.3 is 5.97 Å². The second-order valence-corrected chi connectivity index (χ2v) is 7.12. The summed E-state index contributed by atoms with van der Waals surface area (Å²) in [5, 5.41) is 13.5. The maximum atomic E-state index is 14.4. The van der Waals surface area contributed by atoms with Crippen LogP contribution >= 0.6 is 28.8 Å². The number of hydrogen-bond donors (Lipinski definition) is 1. The molecule has 142 valence electrons. The molecule has 4 aromatic rings. The van der Waals surface area contributed by atoms with E-state index in [0.717, 1.165) is 0 Å². The SMILES string of the molecule is N#Cc1ccc(-c2cc(C(=O)OS)nc3cc(-c4ccc(Br)cc4F)nn23)cc1. The molecule has 0 amide bonds. The van der Waals surface area contributed by atoms with Gasteiger partial charge in [0.15, 0.2) is 11.3 Å².